The van der Waals surface area contributed by atoms with E-state index < -0.39 is 0 Å². The number of aromatic nitrogens is 4. The molecule has 2 heterocycles. The lowest BCUT2D eigenvalue weighted by atomic mass is 10.4. The van der Waals surface area contributed by atoms with Crippen LogP contribution >= 0.6 is 11.6 Å². The fraction of sp³-hybridized carbons (Fsp3) is 0.111. The van der Waals surface area contributed by atoms with Gasteiger partial charge in [-0.05, 0) is 6.07 Å². The quantitative estimate of drug-likeness (QED) is 0.772. The van der Waals surface area contributed by atoms with Crippen LogP contribution < -0.4 is 4.74 Å². The number of hydrogen-bond donors (Lipinski definition) is 0. The van der Waals surface area contributed by atoms with Crippen LogP contribution in [0.4, 0.5) is 0 Å². The van der Waals surface area contributed by atoms with Crippen molar-refractivity contribution in [1.29, 1.82) is 0 Å². The van der Waals surface area contributed by atoms with E-state index in [0.717, 1.165) is 0 Å². The van der Waals surface area contributed by atoms with Crippen molar-refractivity contribution in [2.45, 2.75) is 0 Å². The number of nitrogens with zero attached hydrogens (tertiary/aromatic N) is 4. The lowest BCUT2D eigenvalue weighted by Crippen LogP contribution is -1.95. The molecule has 0 N–H and O–H groups in total. The second-order valence-electron chi connectivity index (χ2n) is 2.62. The van der Waals surface area contributed by atoms with E-state index in [4.69, 9.17) is 16.3 Å². The van der Waals surface area contributed by atoms with Crippen molar-refractivity contribution in [2.75, 3.05) is 7.11 Å². The highest BCUT2D eigenvalue weighted by Gasteiger charge is 2.09. The smallest absolute Gasteiger partial charge is 0.233 e. The van der Waals surface area contributed by atoms with Gasteiger partial charge in [0.1, 0.15) is 5.69 Å². The normalized spacial score (nSPS) is 10.0. The average Bonchev–Trinajstić information content (AvgIpc) is 2.30. The maximum absolute atomic E-state index is 5.91. The predicted octanol–water partition coefficient (Wildman–Crippen LogP) is 1.60. The predicted molar refractivity (Wildman–Crippen MR) is 54.6 cm³/mol. The summed E-state index contributed by atoms with van der Waals surface area (Å²) in [5.41, 5.74) is 0.443. The summed E-state index contributed by atoms with van der Waals surface area (Å²) >= 11 is 5.91. The molecule has 0 aliphatic heterocycles. The van der Waals surface area contributed by atoms with Crippen molar-refractivity contribution in [3.8, 4) is 17.4 Å². The number of ether oxygens (including phenoxy) is 1. The number of rotatable bonds is 2. The molecule has 0 aromatic carbocycles. The topological polar surface area (TPSA) is 60.8 Å². The van der Waals surface area contributed by atoms with E-state index in [0.29, 0.717) is 17.4 Å². The zero-order chi connectivity index (χ0) is 10.7. The Morgan fingerprint density at radius 3 is 2.53 bits per heavy atom. The Balaban J connectivity index is 2.46. The first-order chi connectivity index (χ1) is 7.31. The van der Waals surface area contributed by atoms with Gasteiger partial charge in [-0.25, -0.2) is 15.0 Å². The number of methoxy groups -OCH3 is 1. The maximum Gasteiger partial charge on any atom is 0.233 e. The van der Waals surface area contributed by atoms with E-state index in [2.05, 4.69) is 19.9 Å². The monoisotopic (exact) mass is 222 g/mol. The first-order valence-corrected chi connectivity index (χ1v) is 4.53. The molecule has 0 aliphatic carbocycles. The summed E-state index contributed by atoms with van der Waals surface area (Å²) in [4.78, 5) is 16.1. The summed E-state index contributed by atoms with van der Waals surface area (Å²) in [6.07, 6.45) is 4.70. The third-order valence-corrected chi connectivity index (χ3v) is 1.96. The molecule has 76 valence electrons. The highest BCUT2D eigenvalue weighted by molar-refractivity contribution is 6.31. The van der Waals surface area contributed by atoms with E-state index in [1.807, 2.05) is 0 Å². The molecule has 0 radical (unpaired) electrons. The average molecular weight is 223 g/mol. The Morgan fingerprint density at radius 1 is 1.20 bits per heavy atom. The molecule has 0 saturated heterocycles. The van der Waals surface area contributed by atoms with Crippen LogP contribution in [-0.4, -0.2) is 27.0 Å². The molecule has 0 bridgehead atoms. The lowest BCUT2D eigenvalue weighted by Gasteiger charge is -2.02. The van der Waals surface area contributed by atoms with Gasteiger partial charge in [-0.15, -0.1) is 0 Å². The van der Waals surface area contributed by atoms with Crippen LogP contribution in [0, 0.1) is 0 Å². The van der Waals surface area contributed by atoms with Crippen molar-refractivity contribution < 1.29 is 4.74 Å². The van der Waals surface area contributed by atoms with Crippen LogP contribution in [0.15, 0.2) is 24.7 Å². The van der Waals surface area contributed by atoms with Crippen LogP contribution in [0.25, 0.3) is 11.5 Å². The fourth-order valence-electron chi connectivity index (χ4n) is 1.02. The molecule has 0 amide bonds. The van der Waals surface area contributed by atoms with Gasteiger partial charge in [-0.3, -0.25) is 0 Å². The van der Waals surface area contributed by atoms with Crippen LogP contribution in [-0.2, 0) is 0 Å². The fourth-order valence-corrected chi connectivity index (χ4v) is 1.24. The largest absolute Gasteiger partial charge is 0.480 e. The molecule has 0 atom stereocenters. The van der Waals surface area contributed by atoms with E-state index >= 15 is 0 Å². The third-order valence-electron chi connectivity index (χ3n) is 1.69. The van der Waals surface area contributed by atoms with Crippen LogP contribution in [0.2, 0.25) is 5.15 Å². The van der Waals surface area contributed by atoms with E-state index in [-0.39, 0.29) is 5.15 Å². The number of hydrogen-bond acceptors (Lipinski definition) is 5. The molecule has 5 nitrogen and oxygen atoms in total. The molecule has 0 fully saturated rings. The Morgan fingerprint density at radius 2 is 1.93 bits per heavy atom. The minimum atomic E-state index is 0.223. The van der Waals surface area contributed by atoms with Crippen molar-refractivity contribution in [1.82, 2.24) is 19.9 Å². The zero-order valence-corrected chi connectivity index (χ0v) is 8.64. The second kappa shape index (κ2) is 4.18. The number of halogens is 1. The molecule has 2 rings (SSSR count). The van der Waals surface area contributed by atoms with E-state index in [1.165, 1.54) is 13.3 Å². The van der Waals surface area contributed by atoms with Crippen LogP contribution in [0.5, 0.6) is 5.88 Å². The Labute approximate surface area is 91.1 Å². The van der Waals surface area contributed by atoms with E-state index in [9.17, 15) is 0 Å². The van der Waals surface area contributed by atoms with Crippen LogP contribution in [0.1, 0.15) is 0 Å². The van der Waals surface area contributed by atoms with Gasteiger partial charge in [-0.2, -0.15) is 4.98 Å². The summed E-state index contributed by atoms with van der Waals surface area (Å²) < 4.78 is 4.89. The maximum atomic E-state index is 5.91. The summed E-state index contributed by atoms with van der Waals surface area (Å²) in [6, 6.07) is 1.72. The molecule has 0 spiro atoms. The molecule has 2 aromatic rings. The molecule has 0 saturated carbocycles. The Hall–Kier alpha value is -1.75. The molecular weight excluding hydrogens is 216 g/mol. The molecule has 6 heteroatoms. The third kappa shape index (κ3) is 2.02. The van der Waals surface area contributed by atoms with Gasteiger partial charge in [0.25, 0.3) is 0 Å². The van der Waals surface area contributed by atoms with Crippen molar-refractivity contribution >= 4 is 11.6 Å². The van der Waals surface area contributed by atoms with Gasteiger partial charge in [-0.1, -0.05) is 11.6 Å². The van der Waals surface area contributed by atoms with Crippen LogP contribution in [0.3, 0.4) is 0 Å². The zero-order valence-electron chi connectivity index (χ0n) is 7.88. The van der Waals surface area contributed by atoms with Gasteiger partial charge in [0.05, 0.1) is 13.3 Å². The Bertz CT molecular complexity index is 463. The minimum Gasteiger partial charge on any atom is -0.480 e. The summed E-state index contributed by atoms with van der Waals surface area (Å²) in [5, 5.41) is 0.223. The first kappa shape index (κ1) is 9.79. The van der Waals surface area contributed by atoms with Crippen molar-refractivity contribution in [3.63, 3.8) is 0 Å². The summed E-state index contributed by atoms with van der Waals surface area (Å²) in [7, 11) is 1.50. The van der Waals surface area contributed by atoms with Crippen molar-refractivity contribution in [2.24, 2.45) is 0 Å². The molecular formula is C9H7ClN4O. The van der Waals surface area contributed by atoms with Gasteiger partial charge in [0, 0.05) is 12.4 Å². The highest BCUT2D eigenvalue weighted by Crippen LogP contribution is 2.21. The van der Waals surface area contributed by atoms with Crippen molar-refractivity contribution in [3.05, 3.63) is 29.8 Å². The van der Waals surface area contributed by atoms with Gasteiger partial charge in [0.15, 0.2) is 11.0 Å². The first-order valence-electron chi connectivity index (χ1n) is 4.15. The molecule has 0 unspecified atom stereocenters. The van der Waals surface area contributed by atoms with Gasteiger partial charge >= 0.3 is 0 Å². The SMILES string of the molecule is COc1cnc(-c2ncccn2)c(Cl)n1. The Kier molecular flexibility index (Phi) is 2.73. The van der Waals surface area contributed by atoms with Gasteiger partial charge in [0.2, 0.25) is 5.88 Å². The highest BCUT2D eigenvalue weighted by atomic mass is 35.5. The summed E-state index contributed by atoms with van der Waals surface area (Å²) in [5.74, 6) is 0.803. The minimum absolute atomic E-state index is 0.223. The molecule has 15 heavy (non-hydrogen) atoms. The van der Waals surface area contributed by atoms with Gasteiger partial charge < -0.3 is 4.74 Å². The standard InChI is InChI=1S/C9H7ClN4O/c1-15-6-5-13-7(8(10)14-6)9-11-3-2-4-12-9/h2-5H,1H3. The van der Waals surface area contributed by atoms with E-state index in [1.54, 1.807) is 18.5 Å². The summed E-state index contributed by atoms with van der Waals surface area (Å²) in [6.45, 7) is 0. The lowest BCUT2D eigenvalue weighted by molar-refractivity contribution is 0.396. The molecule has 0 aliphatic rings. The second-order valence-corrected chi connectivity index (χ2v) is 2.98. The molecule has 2 aromatic heterocycles.